The highest BCUT2D eigenvalue weighted by atomic mass is 79.9. The molecule has 1 heterocycles. The largest absolute Gasteiger partial charge is 0.423 e. The molecule has 1 aromatic carbocycles. The number of benzene rings is 1. The van der Waals surface area contributed by atoms with Gasteiger partial charge >= 0.3 is 6.01 Å². The maximum Gasteiger partial charge on any atom is 0.323 e. The molecule has 2 aromatic rings. The minimum atomic E-state index is -0.431. The molecular formula is C11H5BrFN3O. The Morgan fingerprint density at radius 2 is 2.18 bits per heavy atom. The van der Waals surface area contributed by atoms with Gasteiger partial charge in [0.2, 0.25) is 0 Å². The van der Waals surface area contributed by atoms with E-state index in [1.165, 1.54) is 30.5 Å². The Balaban J connectivity index is 2.31. The van der Waals surface area contributed by atoms with Gasteiger partial charge in [-0.3, -0.25) is 0 Å². The van der Waals surface area contributed by atoms with Crippen LogP contribution in [-0.4, -0.2) is 9.97 Å². The van der Waals surface area contributed by atoms with Gasteiger partial charge in [-0.05, 0) is 34.1 Å². The fraction of sp³-hybridized carbons (Fsp3) is 0. The van der Waals surface area contributed by atoms with Crippen LogP contribution in [0.5, 0.6) is 11.8 Å². The van der Waals surface area contributed by atoms with Crippen molar-refractivity contribution in [2.45, 2.75) is 0 Å². The second kappa shape index (κ2) is 4.89. The summed E-state index contributed by atoms with van der Waals surface area (Å²) in [6.45, 7) is 0. The molecule has 0 N–H and O–H groups in total. The molecule has 84 valence electrons. The lowest BCUT2D eigenvalue weighted by atomic mass is 10.3. The molecule has 0 atom stereocenters. The van der Waals surface area contributed by atoms with E-state index in [2.05, 4.69) is 25.9 Å². The molecule has 0 aliphatic heterocycles. The van der Waals surface area contributed by atoms with E-state index in [4.69, 9.17) is 10.00 Å². The summed E-state index contributed by atoms with van der Waals surface area (Å²) in [4.78, 5) is 7.65. The maximum absolute atomic E-state index is 13.0. The van der Waals surface area contributed by atoms with E-state index in [9.17, 15) is 4.39 Å². The zero-order chi connectivity index (χ0) is 12.3. The first-order valence-corrected chi connectivity index (χ1v) is 5.34. The molecule has 0 bridgehead atoms. The summed E-state index contributed by atoms with van der Waals surface area (Å²) in [5.74, 6) is -0.181. The minimum absolute atomic E-state index is 0.00431. The van der Waals surface area contributed by atoms with E-state index in [0.717, 1.165) is 0 Å². The average molecular weight is 294 g/mol. The zero-order valence-corrected chi connectivity index (χ0v) is 9.98. The standard InChI is InChI=1S/C11H5BrFN3O/c12-9-2-1-7(13)5-10(9)17-11-15-4-3-8(6-14)16-11/h1-5H. The molecule has 0 fully saturated rings. The predicted octanol–water partition coefficient (Wildman–Crippen LogP) is 3.04. The Kier molecular flexibility index (Phi) is 3.30. The van der Waals surface area contributed by atoms with Crippen molar-refractivity contribution in [2.24, 2.45) is 0 Å². The van der Waals surface area contributed by atoms with Gasteiger partial charge in [0.15, 0.2) is 0 Å². The Labute approximate surface area is 105 Å². The second-order valence-corrected chi connectivity index (χ2v) is 3.87. The van der Waals surface area contributed by atoms with Crippen LogP contribution >= 0.6 is 15.9 Å². The first kappa shape index (κ1) is 11.5. The number of nitrogens with zero attached hydrogens (tertiary/aromatic N) is 3. The topological polar surface area (TPSA) is 58.8 Å². The van der Waals surface area contributed by atoms with Crippen molar-refractivity contribution >= 4 is 15.9 Å². The molecule has 0 saturated heterocycles. The van der Waals surface area contributed by atoms with E-state index in [-0.39, 0.29) is 17.5 Å². The first-order chi connectivity index (χ1) is 8.19. The lowest BCUT2D eigenvalue weighted by molar-refractivity contribution is 0.434. The van der Waals surface area contributed by atoms with Gasteiger partial charge in [0.25, 0.3) is 0 Å². The molecule has 0 amide bonds. The summed E-state index contributed by atoms with van der Waals surface area (Å²) in [7, 11) is 0. The molecule has 1 aromatic heterocycles. The quantitative estimate of drug-likeness (QED) is 0.854. The van der Waals surface area contributed by atoms with Gasteiger partial charge in [-0.25, -0.2) is 9.37 Å². The number of hydrogen-bond donors (Lipinski definition) is 0. The van der Waals surface area contributed by atoms with Crippen molar-refractivity contribution in [3.63, 3.8) is 0 Å². The van der Waals surface area contributed by atoms with Crippen LogP contribution in [-0.2, 0) is 0 Å². The third-order valence-corrected chi connectivity index (χ3v) is 2.50. The van der Waals surface area contributed by atoms with Gasteiger partial charge in [-0.2, -0.15) is 10.2 Å². The summed E-state index contributed by atoms with van der Waals surface area (Å²) >= 11 is 3.21. The number of ether oxygens (including phenoxy) is 1. The number of hydrogen-bond acceptors (Lipinski definition) is 4. The van der Waals surface area contributed by atoms with Crippen molar-refractivity contribution in [1.82, 2.24) is 9.97 Å². The van der Waals surface area contributed by atoms with Crippen LogP contribution in [0.25, 0.3) is 0 Å². The summed E-state index contributed by atoms with van der Waals surface area (Å²) < 4.78 is 18.8. The number of aromatic nitrogens is 2. The molecular weight excluding hydrogens is 289 g/mol. The van der Waals surface area contributed by atoms with Crippen molar-refractivity contribution < 1.29 is 9.13 Å². The lowest BCUT2D eigenvalue weighted by Gasteiger charge is -2.05. The maximum atomic E-state index is 13.0. The first-order valence-electron chi connectivity index (χ1n) is 4.55. The number of nitriles is 1. The van der Waals surface area contributed by atoms with E-state index in [0.29, 0.717) is 4.47 Å². The van der Waals surface area contributed by atoms with Crippen LogP contribution in [0.2, 0.25) is 0 Å². The molecule has 4 nitrogen and oxygen atoms in total. The Hall–Kier alpha value is -2.00. The van der Waals surface area contributed by atoms with E-state index in [1.54, 1.807) is 0 Å². The van der Waals surface area contributed by atoms with E-state index in [1.807, 2.05) is 6.07 Å². The van der Waals surface area contributed by atoms with Crippen molar-refractivity contribution in [3.8, 4) is 17.8 Å². The monoisotopic (exact) mass is 293 g/mol. The third-order valence-electron chi connectivity index (χ3n) is 1.84. The average Bonchev–Trinajstić information content (AvgIpc) is 2.34. The number of halogens is 2. The summed E-state index contributed by atoms with van der Waals surface area (Å²) in [5, 5.41) is 8.66. The number of rotatable bonds is 2. The Morgan fingerprint density at radius 1 is 1.35 bits per heavy atom. The smallest absolute Gasteiger partial charge is 0.323 e. The predicted molar refractivity (Wildman–Crippen MR) is 60.9 cm³/mol. The van der Waals surface area contributed by atoms with Gasteiger partial charge in [-0.15, -0.1) is 0 Å². The van der Waals surface area contributed by atoms with Crippen LogP contribution < -0.4 is 4.74 Å². The Morgan fingerprint density at radius 3 is 2.94 bits per heavy atom. The lowest BCUT2D eigenvalue weighted by Crippen LogP contribution is -1.94. The van der Waals surface area contributed by atoms with Gasteiger partial charge in [0.05, 0.1) is 4.47 Å². The molecule has 0 spiro atoms. The summed E-state index contributed by atoms with van der Waals surface area (Å²) in [5.41, 5.74) is 0.183. The third kappa shape index (κ3) is 2.77. The molecule has 0 radical (unpaired) electrons. The fourth-order valence-electron chi connectivity index (χ4n) is 1.11. The fourth-order valence-corrected chi connectivity index (χ4v) is 1.43. The van der Waals surface area contributed by atoms with Crippen molar-refractivity contribution in [1.29, 1.82) is 5.26 Å². The minimum Gasteiger partial charge on any atom is -0.423 e. The SMILES string of the molecule is N#Cc1ccnc(Oc2cc(F)ccc2Br)n1. The van der Waals surface area contributed by atoms with Crippen molar-refractivity contribution in [2.75, 3.05) is 0 Å². The zero-order valence-electron chi connectivity index (χ0n) is 8.39. The molecule has 0 aliphatic carbocycles. The molecule has 0 unspecified atom stereocenters. The highest BCUT2D eigenvalue weighted by Gasteiger charge is 2.07. The van der Waals surface area contributed by atoms with Crippen LogP contribution in [0.3, 0.4) is 0 Å². The van der Waals surface area contributed by atoms with Crippen LogP contribution in [0.15, 0.2) is 34.9 Å². The van der Waals surface area contributed by atoms with Crippen molar-refractivity contribution in [3.05, 3.63) is 46.4 Å². The summed E-state index contributed by atoms with van der Waals surface area (Å²) in [6.07, 6.45) is 1.40. The molecule has 2 rings (SSSR count). The normalized spacial score (nSPS) is 9.71. The van der Waals surface area contributed by atoms with Gasteiger partial charge < -0.3 is 4.74 Å². The van der Waals surface area contributed by atoms with Crippen LogP contribution in [0.1, 0.15) is 5.69 Å². The van der Waals surface area contributed by atoms with Gasteiger partial charge in [-0.1, -0.05) is 0 Å². The molecule has 17 heavy (non-hydrogen) atoms. The van der Waals surface area contributed by atoms with Gasteiger partial charge in [0, 0.05) is 12.3 Å². The highest BCUT2D eigenvalue weighted by molar-refractivity contribution is 9.10. The van der Waals surface area contributed by atoms with Crippen LogP contribution in [0.4, 0.5) is 4.39 Å². The highest BCUT2D eigenvalue weighted by Crippen LogP contribution is 2.28. The second-order valence-electron chi connectivity index (χ2n) is 3.01. The molecule has 0 saturated carbocycles. The Bertz CT molecular complexity index is 598. The van der Waals surface area contributed by atoms with E-state index < -0.39 is 5.82 Å². The van der Waals surface area contributed by atoms with Crippen LogP contribution in [0, 0.1) is 17.1 Å². The summed E-state index contributed by atoms with van der Waals surface area (Å²) in [6, 6.07) is 7.32. The van der Waals surface area contributed by atoms with E-state index >= 15 is 0 Å². The molecule has 0 aliphatic rings. The molecule has 6 heteroatoms. The van der Waals surface area contributed by atoms with Gasteiger partial charge in [0.1, 0.15) is 23.3 Å².